The zero-order valence-electron chi connectivity index (χ0n) is 15.9. The number of fused-ring (bicyclic) bond motifs is 1. The molecule has 0 spiro atoms. The summed E-state index contributed by atoms with van der Waals surface area (Å²) in [7, 11) is 0. The van der Waals surface area contributed by atoms with Crippen LogP contribution in [-0.4, -0.2) is 17.7 Å². The van der Waals surface area contributed by atoms with Crippen LogP contribution in [0.15, 0.2) is 72.8 Å². The van der Waals surface area contributed by atoms with Crippen molar-refractivity contribution < 1.29 is 14.3 Å². The van der Waals surface area contributed by atoms with E-state index in [9.17, 15) is 9.59 Å². The molecule has 1 aliphatic carbocycles. The van der Waals surface area contributed by atoms with E-state index in [-0.39, 0.29) is 11.6 Å². The Morgan fingerprint density at radius 3 is 2.18 bits per heavy atom. The Morgan fingerprint density at radius 2 is 1.43 bits per heavy atom. The van der Waals surface area contributed by atoms with Crippen LogP contribution in [-0.2, 0) is 12.8 Å². The van der Waals surface area contributed by atoms with Gasteiger partial charge in [0.2, 0.25) is 5.78 Å². The fourth-order valence-corrected chi connectivity index (χ4v) is 3.66. The fraction of sp³-hybridized carbons (Fsp3) is 0.200. The molecule has 28 heavy (non-hydrogen) atoms. The van der Waals surface area contributed by atoms with Gasteiger partial charge in [-0.15, -0.1) is 0 Å². The number of ether oxygens (including phenoxy) is 1. The normalized spacial score (nSPS) is 13.6. The van der Waals surface area contributed by atoms with Gasteiger partial charge in [0.25, 0.3) is 0 Å². The lowest BCUT2D eigenvalue weighted by Gasteiger charge is -2.15. The topological polar surface area (TPSA) is 43.4 Å². The summed E-state index contributed by atoms with van der Waals surface area (Å²) in [6.45, 7) is 1.76. The molecule has 4 rings (SSSR count). The molecule has 0 fully saturated rings. The van der Waals surface area contributed by atoms with Crippen molar-refractivity contribution in [3.8, 4) is 5.75 Å². The quantitative estimate of drug-likeness (QED) is 0.570. The van der Waals surface area contributed by atoms with Gasteiger partial charge in [0.05, 0.1) is 0 Å². The van der Waals surface area contributed by atoms with Gasteiger partial charge in [0.15, 0.2) is 11.9 Å². The van der Waals surface area contributed by atoms with E-state index in [1.54, 1.807) is 43.3 Å². The molecule has 3 aromatic rings. The molecular formula is C25H22O3. The fourth-order valence-electron chi connectivity index (χ4n) is 3.66. The average molecular weight is 370 g/mol. The molecule has 0 amide bonds. The van der Waals surface area contributed by atoms with E-state index >= 15 is 0 Å². The Kier molecular flexibility index (Phi) is 5.07. The van der Waals surface area contributed by atoms with E-state index in [4.69, 9.17) is 4.74 Å². The first-order valence-electron chi connectivity index (χ1n) is 9.64. The molecule has 3 nitrogen and oxygen atoms in total. The highest BCUT2D eigenvalue weighted by Crippen LogP contribution is 2.24. The van der Waals surface area contributed by atoms with E-state index in [1.807, 2.05) is 30.3 Å². The largest absolute Gasteiger partial charge is 0.483 e. The number of benzene rings is 3. The number of Topliss-reactive ketones (excluding diaryl/α,β-unsaturated/α-hetero) is 1. The lowest BCUT2D eigenvalue weighted by molar-refractivity contribution is 0.0817. The number of aryl methyl sites for hydroxylation is 2. The van der Waals surface area contributed by atoms with Crippen molar-refractivity contribution in [2.24, 2.45) is 0 Å². The number of carbonyl (C=O) groups is 2. The van der Waals surface area contributed by atoms with Gasteiger partial charge in [-0.2, -0.15) is 0 Å². The standard InChI is InChI=1S/C25H22O3/c1-17(24(26)22-11-10-18-8-5-9-21(18)16-22)28-23-14-12-20(13-15-23)25(27)19-6-3-2-4-7-19/h2-4,6-7,10-17H,5,8-9H2,1H3/t17-/m1/s1. The first kappa shape index (κ1) is 18.2. The Hall–Kier alpha value is -3.20. The molecule has 1 aliphatic rings. The highest BCUT2D eigenvalue weighted by atomic mass is 16.5. The number of hydrogen-bond donors (Lipinski definition) is 0. The molecule has 0 N–H and O–H groups in total. The minimum absolute atomic E-state index is 0.0286. The molecule has 3 heteroatoms. The summed E-state index contributed by atoms with van der Waals surface area (Å²) >= 11 is 0. The number of carbonyl (C=O) groups excluding carboxylic acids is 2. The zero-order chi connectivity index (χ0) is 19.5. The Labute approximate surface area is 165 Å². The molecule has 0 aromatic heterocycles. The van der Waals surface area contributed by atoms with Crippen LogP contribution in [0.2, 0.25) is 0 Å². The lowest BCUT2D eigenvalue weighted by Crippen LogP contribution is -2.24. The van der Waals surface area contributed by atoms with Crippen molar-refractivity contribution in [2.45, 2.75) is 32.3 Å². The minimum Gasteiger partial charge on any atom is -0.483 e. The van der Waals surface area contributed by atoms with Crippen molar-refractivity contribution in [1.82, 2.24) is 0 Å². The third kappa shape index (κ3) is 3.74. The SMILES string of the molecule is C[C@@H](Oc1ccc(C(=O)c2ccccc2)cc1)C(=O)c1ccc2c(c1)CCC2. The molecule has 1 atom stereocenters. The van der Waals surface area contributed by atoms with Gasteiger partial charge in [-0.25, -0.2) is 0 Å². The first-order chi connectivity index (χ1) is 13.6. The average Bonchev–Trinajstić information content (AvgIpc) is 3.21. The summed E-state index contributed by atoms with van der Waals surface area (Å²) in [6, 6.07) is 22.1. The molecule has 0 aliphatic heterocycles. The van der Waals surface area contributed by atoms with Crippen LogP contribution in [0.5, 0.6) is 5.75 Å². The zero-order valence-corrected chi connectivity index (χ0v) is 15.9. The van der Waals surface area contributed by atoms with Gasteiger partial charge in [-0.05, 0) is 67.6 Å². The second kappa shape index (κ2) is 7.81. The van der Waals surface area contributed by atoms with Crippen LogP contribution in [0.4, 0.5) is 0 Å². The Balaban J connectivity index is 1.44. The van der Waals surface area contributed by atoms with Crippen LogP contribution in [0.3, 0.4) is 0 Å². The number of hydrogen-bond acceptors (Lipinski definition) is 3. The highest BCUT2D eigenvalue weighted by Gasteiger charge is 2.20. The van der Waals surface area contributed by atoms with Crippen molar-refractivity contribution in [3.63, 3.8) is 0 Å². The maximum Gasteiger partial charge on any atom is 0.203 e. The van der Waals surface area contributed by atoms with Crippen LogP contribution in [0, 0.1) is 0 Å². The molecule has 0 bridgehead atoms. The summed E-state index contributed by atoms with van der Waals surface area (Å²) in [5.41, 5.74) is 4.57. The second-order valence-corrected chi connectivity index (χ2v) is 7.18. The summed E-state index contributed by atoms with van der Waals surface area (Å²) in [4.78, 5) is 25.2. The van der Waals surface area contributed by atoms with E-state index in [0.717, 1.165) is 19.3 Å². The second-order valence-electron chi connectivity index (χ2n) is 7.18. The van der Waals surface area contributed by atoms with Gasteiger partial charge in [0, 0.05) is 16.7 Å². The van der Waals surface area contributed by atoms with E-state index < -0.39 is 6.10 Å². The lowest BCUT2D eigenvalue weighted by atomic mass is 10.0. The number of ketones is 2. The van der Waals surface area contributed by atoms with E-state index in [2.05, 4.69) is 6.07 Å². The van der Waals surface area contributed by atoms with Crippen molar-refractivity contribution >= 4 is 11.6 Å². The van der Waals surface area contributed by atoms with Crippen molar-refractivity contribution in [1.29, 1.82) is 0 Å². The van der Waals surface area contributed by atoms with Gasteiger partial charge < -0.3 is 4.74 Å². The van der Waals surface area contributed by atoms with E-state index in [1.165, 1.54) is 11.1 Å². The van der Waals surface area contributed by atoms with Crippen LogP contribution >= 0.6 is 0 Å². The van der Waals surface area contributed by atoms with Gasteiger partial charge in [-0.1, -0.05) is 42.5 Å². The van der Waals surface area contributed by atoms with Crippen LogP contribution in [0.25, 0.3) is 0 Å². The summed E-state index contributed by atoms with van der Waals surface area (Å²) in [6.07, 6.45) is 2.72. The molecule has 0 saturated heterocycles. The molecular weight excluding hydrogens is 348 g/mol. The molecule has 0 heterocycles. The first-order valence-corrected chi connectivity index (χ1v) is 9.64. The molecule has 0 radical (unpaired) electrons. The van der Waals surface area contributed by atoms with Gasteiger partial charge in [-0.3, -0.25) is 9.59 Å². The summed E-state index contributed by atoms with van der Waals surface area (Å²) in [5, 5.41) is 0. The van der Waals surface area contributed by atoms with Crippen molar-refractivity contribution in [2.75, 3.05) is 0 Å². The predicted molar refractivity (Wildman–Crippen MR) is 109 cm³/mol. The third-order valence-corrected chi connectivity index (χ3v) is 5.22. The maximum atomic E-state index is 12.7. The molecule has 0 unspecified atom stereocenters. The number of rotatable bonds is 6. The predicted octanol–water partition coefficient (Wildman–Crippen LogP) is 5.06. The smallest absolute Gasteiger partial charge is 0.203 e. The third-order valence-electron chi connectivity index (χ3n) is 5.22. The maximum absolute atomic E-state index is 12.7. The molecule has 140 valence electrons. The minimum atomic E-state index is -0.588. The highest BCUT2D eigenvalue weighted by molar-refractivity contribution is 6.09. The Morgan fingerprint density at radius 1 is 0.786 bits per heavy atom. The summed E-state index contributed by atoms with van der Waals surface area (Å²) < 4.78 is 5.83. The Bertz CT molecular complexity index is 1000. The van der Waals surface area contributed by atoms with Crippen molar-refractivity contribution in [3.05, 3.63) is 101 Å². The van der Waals surface area contributed by atoms with E-state index in [0.29, 0.717) is 22.4 Å². The van der Waals surface area contributed by atoms with Crippen LogP contribution < -0.4 is 4.74 Å². The monoisotopic (exact) mass is 370 g/mol. The van der Waals surface area contributed by atoms with Gasteiger partial charge in [0.1, 0.15) is 5.75 Å². The molecule has 0 saturated carbocycles. The van der Waals surface area contributed by atoms with Crippen LogP contribution in [0.1, 0.15) is 50.8 Å². The molecule has 3 aromatic carbocycles. The van der Waals surface area contributed by atoms with Gasteiger partial charge >= 0.3 is 0 Å². The summed E-state index contributed by atoms with van der Waals surface area (Å²) in [5.74, 6) is 0.514.